The average molecular weight is 555 g/mol. The van der Waals surface area contributed by atoms with Crippen molar-refractivity contribution < 1.29 is 33.3 Å². The van der Waals surface area contributed by atoms with E-state index in [0.29, 0.717) is 59.0 Å². The summed E-state index contributed by atoms with van der Waals surface area (Å²) in [5, 5.41) is 0. The van der Waals surface area contributed by atoms with Crippen molar-refractivity contribution in [3.63, 3.8) is 0 Å². The summed E-state index contributed by atoms with van der Waals surface area (Å²) in [5.74, 6) is 0.480. The topological polar surface area (TPSA) is 97.4 Å². The number of benzene rings is 1. The molecule has 2 bridgehead atoms. The van der Waals surface area contributed by atoms with Crippen LogP contribution in [0.15, 0.2) is 34.0 Å². The number of esters is 2. The minimum atomic E-state index is -1.37. The van der Waals surface area contributed by atoms with Gasteiger partial charge in [0.2, 0.25) is 11.4 Å². The Hall–Kier alpha value is -3.20. The minimum absolute atomic E-state index is 0.174. The Labute approximate surface area is 232 Å². The zero-order chi connectivity index (χ0) is 28.3. The summed E-state index contributed by atoms with van der Waals surface area (Å²) >= 11 is 1.35. The lowest BCUT2D eigenvalue weighted by Gasteiger charge is -2.35. The van der Waals surface area contributed by atoms with E-state index in [1.165, 1.54) is 11.8 Å². The van der Waals surface area contributed by atoms with Crippen LogP contribution in [0.1, 0.15) is 57.3 Å². The van der Waals surface area contributed by atoms with E-state index < -0.39 is 28.5 Å². The molecule has 3 atom stereocenters. The molecular formula is C30H34O8S. The summed E-state index contributed by atoms with van der Waals surface area (Å²) in [6, 6.07) is 7.09. The second-order valence-electron chi connectivity index (χ2n) is 11.1. The van der Waals surface area contributed by atoms with Crippen molar-refractivity contribution in [2.24, 2.45) is 10.8 Å². The maximum atomic E-state index is 14.0. The van der Waals surface area contributed by atoms with Crippen LogP contribution in [0.4, 0.5) is 0 Å². The predicted octanol–water partition coefficient (Wildman–Crippen LogP) is 5.11. The van der Waals surface area contributed by atoms with Crippen LogP contribution in [0.2, 0.25) is 0 Å². The van der Waals surface area contributed by atoms with Crippen LogP contribution in [0.25, 0.3) is 11.1 Å². The van der Waals surface area contributed by atoms with Gasteiger partial charge in [-0.1, -0.05) is 19.9 Å². The monoisotopic (exact) mass is 554 g/mol. The largest absolute Gasteiger partial charge is 0.493 e. The van der Waals surface area contributed by atoms with Crippen LogP contribution in [0.5, 0.6) is 17.2 Å². The third-order valence-corrected chi connectivity index (χ3v) is 10.1. The van der Waals surface area contributed by atoms with Gasteiger partial charge in [-0.3, -0.25) is 9.59 Å². The molecule has 208 valence electrons. The van der Waals surface area contributed by atoms with Crippen molar-refractivity contribution in [2.45, 2.75) is 63.1 Å². The van der Waals surface area contributed by atoms with Crippen LogP contribution in [0, 0.1) is 10.8 Å². The number of aryl methyl sites for hydroxylation is 1. The summed E-state index contributed by atoms with van der Waals surface area (Å²) < 4.78 is 29.1. The van der Waals surface area contributed by atoms with Crippen molar-refractivity contribution >= 4 is 23.7 Å². The molecule has 0 spiro atoms. The van der Waals surface area contributed by atoms with E-state index >= 15 is 0 Å². The number of methoxy groups -OCH3 is 3. The Morgan fingerprint density at radius 3 is 2.28 bits per heavy atom. The molecule has 1 saturated carbocycles. The SMILES string of the molecule is COc1cc2c(c(OC)c1OC)-c1ccc(SC)c(=O)cc1[C@H](OC(=O)C13CCC(C)(C(=O)O1)C3(C)C)CC2. The molecule has 39 heavy (non-hydrogen) atoms. The van der Waals surface area contributed by atoms with Crippen LogP contribution >= 0.6 is 11.8 Å². The first-order chi connectivity index (χ1) is 18.5. The predicted molar refractivity (Wildman–Crippen MR) is 147 cm³/mol. The highest BCUT2D eigenvalue weighted by Crippen LogP contribution is 2.66. The molecular weight excluding hydrogens is 520 g/mol. The van der Waals surface area contributed by atoms with E-state index in [0.717, 1.165) is 11.1 Å². The highest BCUT2D eigenvalue weighted by atomic mass is 32.2. The number of rotatable bonds is 6. The summed E-state index contributed by atoms with van der Waals surface area (Å²) in [6.07, 6.45) is 2.95. The lowest BCUT2D eigenvalue weighted by Crippen LogP contribution is -2.49. The molecule has 1 aliphatic heterocycles. The maximum Gasteiger partial charge on any atom is 0.351 e. The highest BCUT2D eigenvalue weighted by Gasteiger charge is 2.76. The molecule has 3 aliphatic rings. The van der Waals surface area contributed by atoms with Gasteiger partial charge in [-0.15, -0.1) is 11.8 Å². The molecule has 1 heterocycles. The first-order valence-electron chi connectivity index (χ1n) is 13.0. The van der Waals surface area contributed by atoms with Crippen LogP contribution in [-0.4, -0.2) is 45.1 Å². The number of thioether (sulfide) groups is 1. The Balaban J connectivity index is 1.68. The average Bonchev–Trinajstić information content (AvgIpc) is 3.07. The van der Waals surface area contributed by atoms with Gasteiger partial charge in [-0.05, 0) is 68.2 Å². The third-order valence-electron chi connectivity index (χ3n) is 9.33. The van der Waals surface area contributed by atoms with Gasteiger partial charge >= 0.3 is 11.9 Å². The van der Waals surface area contributed by atoms with Crippen molar-refractivity contribution in [2.75, 3.05) is 27.6 Å². The number of hydrogen-bond donors (Lipinski definition) is 0. The summed E-state index contributed by atoms with van der Waals surface area (Å²) in [4.78, 5) is 40.5. The van der Waals surface area contributed by atoms with Gasteiger partial charge in [0, 0.05) is 16.5 Å². The molecule has 2 fully saturated rings. The van der Waals surface area contributed by atoms with Gasteiger partial charge in [0.15, 0.2) is 16.9 Å². The molecule has 2 aromatic carbocycles. The summed E-state index contributed by atoms with van der Waals surface area (Å²) in [5.41, 5.74) is -0.115. The molecule has 5 rings (SSSR count). The first kappa shape index (κ1) is 27.4. The van der Waals surface area contributed by atoms with Gasteiger partial charge in [-0.2, -0.15) is 0 Å². The van der Waals surface area contributed by atoms with Gasteiger partial charge in [0.25, 0.3) is 0 Å². The minimum Gasteiger partial charge on any atom is -0.493 e. The lowest BCUT2D eigenvalue weighted by molar-refractivity contribution is -0.187. The summed E-state index contributed by atoms with van der Waals surface area (Å²) in [6.45, 7) is 5.65. The van der Waals surface area contributed by atoms with Crippen LogP contribution in [-0.2, 0) is 25.5 Å². The number of fused-ring (bicyclic) bond motifs is 5. The Morgan fingerprint density at radius 2 is 1.72 bits per heavy atom. The van der Waals surface area contributed by atoms with Crippen molar-refractivity contribution in [1.82, 2.24) is 0 Å². The van der Waals surface area contributed by atoms with Gasteiger partial charge in [0.05, 0.1) is 31.6 Å². The molecule has 1 saturated heterocycles. The molecule has 0 radical (unpaired) electrons. The van der Waals surface area contributed by atoms with E-state index in [4.69, 9.17) is 23.7 Å². The van der Waals surface area contributed by atoms with Gasteiger partial charge < -0.3 is 23.7 Å². The van der Waals surface area contributed by atoms with Crippen LogP contribution in [0.3, 0.4) is 0 Å². The number of carbonyl (C=O) groups excluding carboxylic acids is 2. The normalized spacial score (nSPS) is 26.1. The molecule has 0 N–H and O–H groups in total. The second-order valence-corrected chi connectivity index (χ2v) is 11.9. The zero-order valence-corrected chi connectivity index (χ0v) is 24.2. The third kappa shape index (κ3) is 3.68. The van der Waals surface area contributed by atoms with E-state index in [2.05, 4.69) is 0 Å². The number of carbonyl (C=O) groups is 2. The second kappa shape index (κ2) is 9.47. The molecule has 0 amide bonds. The standard InChI is InChI=1S/C30H34O8S/c1-28(2)29(3)12-13-30(28,38-26(29)32)27(33)37-20-10-8-16-14-21(34-4)24(35-5)25(36-6)23(16)17-9-11-22(39-7)19(31)15-18(17)20/h9,11,14-15,20H,8,10,12-13H2,1-7H3/t20-,29?,30?/m1/s1. The van der Waals surface area contributed by atoms with E-state index in [1.54, 1.807) is 33.5 Å². The maximum absolute atomic E-state index is 14.0. The molecule has 9 heteroatoms. The zero-order valence-electron chi connectivity index (χ0n) is 23.4. The molecule has 2 unspecified atom stereocenters. The van der Waals surface area contributed by atoms with E-state index in [1.807, 2.05) is 39.2 Å². The highest BCUT2D eigenvalue weighted by molar-refractivity contribution is 7.98. The molecule has 2 aromatic rings. The lowest BCUT2D eigenvalue weighted by atomic mass is 9.66. The summed E-state index contributed by atoms with van der Waals surface area (Å²) in [7, 11) is 4.66. The van der Waals surface area contributed by atoms with Gasteiger partial charge in [-0.25, -0.2) is 4.79 Å². The first-order valence-corrected chi connectivity index (χ1v) is 14.2. The molecule has 2 aliphatic carbocycles. The smallest absolute Gasteiger partial charge is 0.351 e. The van der Waals surface area contributed by atoms with E-state index in [-0.39, 0.29) is 11.4 Å². The number of hydrogen-bond acceptors (Lipinski definition) is 9. The van der Waals surface area contributed by atoms with E-state index in [9.17, 15) is 14.4 Å². The fourth-order valence-electron chi connectivity index (χ4n) is 6.48. The Morgan fingerprint density at radius 1 is 1.00 bits per heavy atom. The molecule has 0 aromatic heterocycles. The Bertz CT molecular complexity index is 1430. The van der Waals surface area contributed by atoms with Crippen molar-refractivity contribution in [3.8, 4) is 28.4 Å². The quantitative estimate of drug-likeness (QED) is 0.356. The van der Waals surface area contributed by atoms with Crippen molar-refractivity contribution in [3.05, 3.63) is 45.6 Å². The van der Waals surface area contributed by atoms with Crippen LogP contribution < -0.4 is 19.6 Å². The van der Waals surface area contributed by atoms with Crippen molar-refractivity contribution in [1.29, 1.82) is 0 Å². The van der Waals surface area contributed by atoms with Gasteiger partial charge in [0.1, 0.15) is 6.10 Å². The fourth-order valence-corrected chi connectivity index (χ4v) is 6.94. The molecule has 8 nitrogen and oxygen atoms in total. The number of ether oxygens (including phenoxy) is 5. The Kier molecular flexibility index (Phi) is 6.64. The fraction of sp³-hybridized carbons (Fsp3) is 0.500.